The summed E-state index contributed by atoms with van der Waals surface area (Å²) >= 11 is 0. The van der Waals surface area contributed by atoms with Crippen molar-refractivity contribution in [3.63, 3.8) is 0 Å². The van der Waals surface area contributed by atoms with E-state index in [4.69, 9.17) is 4.74 Å². The highest BCUT2D eigenvalue weighted by Gasteiger charge is 2.19. The molecule has 0 saturated heterocycles. The zero-order valence-electron chi connectivity index (χ0n) is 12.6. The number of unbranched alkanes of at least 4 members (excludes halogenated alkanes) is 1. The average molecular weight is 265 g/mol. The highest BCUT2D eigenvalue weighted by molar-refractivity contribution is 5.39. The third-order valence-corrected chi connectivity index (χ3v) is 3.73. The van der Waals surface area contributed by atoms with Gasteiger partial charge in [0.15, 0.2) is 0 Å². The number of hydrogen-bond donors (Lipinski definition) is 2. The summed E-state index contributed by atoms with van der Waals surface area (Å²) in [5, 5.41) is 12.5. The van der Waals surface area contributed by atoms with Gasteiger partial charge in [-0.3, -0.25) is 0 Å². The number of hydrogen-bond acceptors (Lipinski definition) is 3. The second kappa shape index (κ2) is 7.51. The Kier molecular flexibility index (Phi) is 6.32. The largest absolute Gasteiger partial charge is 0.493 e. The van der Waals surface area contributed by atoms with Gasteiger partial charge in [-0.05, 0) is 58.2 Å². The fourth-order valence-electron chi connectivity index (χ4n) is 2.10. The molecule has 0 radical (unpaired) electrons. The summed E-state index contributed by atoms with van der Waals surface area (Å²) in [6.07, 6.45) is 3.00. The highest BCUT2D eigenvalue weighted by atomic mass is 16.5. The van der Waals surface area contributed by atoms with Crippen LogP contribution < -0.4 is 10.1 Å². The molecule has 0 amide bonds. The lowest BCUT2D eigenvalue weighted by Crippen LogP contribution is -2.43. The Balaban J connectivity index is 2.32. The molecular weight excluding hydrogens is 238 g/mol. The SMILES string of the molecule is CNC(C)(CO)CCCCOc1c(C)cccc1C. The molecule has 0 aliphatic carbocycles. The normalized spacial score (nSPS) is 14.2. The molecular formula is C16H27NO2. The molecule has 1 unspecified atom stereocenters. The van der Waals surface area contributed by atoms with E-state index in [9.17, 15) is 5.11 Å². The lowest BCUT2D eigenvalue weighted by Gasteiger charge is -2.26. The van der Waals surface area contributed by atoms with Crippen molar-refractivity contribution in [3.05, 3.63) is 29.3 Å². The number of nitrogens with one attached hydrogen (secondary N) is 1. The van der Waals surface area contributed by atoms with Gasteiger partial charge in [-0.15, -0.1) is 0 Å². The van der Waals surface area contributed by atoms with Gasteiger partial charge in [-0.25, -0.2) is 0 Å². The summed E-state index contributed by atoms with van der Waals surface area (Å²) in [4.78, 5) is 0. The number of ether oxygens (including phenoxy) is 1. The first kappa shape index (κ1) is 16.0. The lowest BCUT2D eigenvalue weighted by atomic mass is 9.96. The topological polar surface area (TPSA) is 41.5 Å². The molecule has 0 aliphatic heterocycles. The summed E-state index contributed by atoms with van der Waals surface area (Å²) in [7, 11) is 1.89. The average Bonchev–Trinajstić information content (AvgIpc) is 2.41. The molecule has 0 heterocycles. The number of rotatable bonds is 8. The lowest BCUT2D eigenvalue weighted by molar-refractivity contribution is 0.168. The Morgan fingerprint density at radius 2 is 1.84 bits per heavy atom. The van der Waals surface area contributed by atoms with Crippen LogP contribution in [0.1, 0.15) is 37.3 Å². The second-order valence-corrected chi connectivity index (χ2v) is 5.50. The third kappa shape index (κ3) is 4.84. The Labute approximate surface area is 117 Å². The maximum atomic E-state index is 9.30. The van der Waals surface area contributed by atoms with Crippen molar-refractivity contribution in [2.75, 3.05) is 20.3 Å². The highest BCUT2D eigenvalue weighted by Crippen LogP contribution is 2.22. The van der Waals surface area contributed by atoms with Gasteiger partial charge >= 0.3 is 0 Å². The summed E-state index contributed by atoms with van der Waals surface area (Å²) in [5.41, 5.74) is 2.21. The number of benzene rings is 1. The van der Waals surface area contributed by atoms with E-state index in [1.54, 1.807) is 0 Å². The van der Waals surface area contributed by atoms with E-state index >= 15 is 0 Å². The Bertz CT molecular complexity index is 366. The minimum Gasteiger partial charge on any atom is -0.493 e. The van der Waals surface area contributed by atoms with Crippen LogP contribution in [0.3, 0.4) is 0 Å². The monoisotopic (exact) mass is 265 g/mol. The number of aryl methyl sites for hydroxylation is 2. The van der Waals surface area contributed by atoms with Crippen molar-refractivity contribution in [1.29, 1.82) is 0 Å². The number of aliphatic hydroxyl groups is 1. The van der Waals surface area contributed by atoms with Crippen LogP contribution in [-0.4, -0.2) is 30.9 Å². The van der Waals surface area contributed by atoms with Gasteiger partial charge in [0, 0.05) is 5.54 Å². The van der Waals surface area contributed by atoms with Crippen molar-refractivity contribution in [1.82, 2.24) is 5.32 Å². The number of likely N-dealkylation sites (N-methyl/N-ethyl adjacent to an activating group) is 1. The van der Waals surface area contributed by atoms with Crippen LogP contribution in [-0.2, 0) is 0 Å². The minimum absolute atomic E-state index is 0.168. The summed E-state index contributed by atoms with van der Waals surface area (Å²) in [6, 6.07) is 6.20. The van der Waals surface area contributed by atoms with E-state index in [0.717, 1.165) is 31.6 Å². The van der Waals surface area contributed by atoms with E-state index in [2.05, 4.69) is 37.4 Å². The molecule has 1 aromatic rings. The van der Waals surface area contributed by atoms with Crippen molar-refractivity contribution in [3.8, 4) is 5.75 Å². The molecule has 0 aromatic heterocycles. The van der Waals surface area contributed by atoms with E-state index < -0.39 is 0 Å². The fourth-order valence-corrected chi connectivity index (χ4v) is 2.10. The van der Waals surface area contributed by atoms with E-state index in [1.165, 1.54) is 11.1 Å². The van der Waals surface area contributed by atoms with Crippen LogP contribution in [0.25, 0.3) is 0 Å². The van der Waals surface area contributed by atoms with Crippen molar-refractivity contribution >= 4 is 0 Å². The van der Waals surface area contributed by atoms with E-state index in [1.807, 2.05) is 14.0 Å². The van der Waals surface area contributed by atoms with Crippen LogP contribution in [0.2, 0.25) is 0 Å². The van der Waals surface area contributed by atoms with Crippen LogP contribution in [0.4, 0.5) is 0 Å². The van der Waals surface area contributed by atoms with Crippen molar-refractivity contribution in [2.24, 2.45) is 0 Å². The third-order valence-electron chi connectivity index (χ3n) is 3.73. The summed E-state index contributed by atoms with van der Waals surface area (Å²) in [6.45, 7) is 7.09. The summed E-state index contributed by atoms with van der Waals surface area (Å²) in [5.74, 6) is 1.01. The van der Waals surface area contributed by atoms with Crippen LogP contribution in [0.15, 0.2) is 18.2 Å². The molecule has 3 nitrogen and oxygen atoms in total. The Hall–Kier alpha value is -1.06. The quantitative estimate of drug-likeness (QED) is 0.710. The molecule has 1 aromatic carbocycles. The predicted molar refractivity (Wildman–Crippen MR) is 79.8 cm³/mol. The maximum Gasteiger partial charge on any atom is 0.125 e. The molecule has 108 valence electrons. The van der Waals surface area contributed by atoms with Gasteiger partial charge in [0.05, 0.1) is 13.2 Å². The zero-order valence-corrected chi connectivity index (χ0v) is 12.6. The molecule has 3 heteroatoms. The molecule has 2 N–H and O–H groups in total. The van der Waals surface area contributed by atoms with Gasteiger partial charge in [-0.1, -0.05) is 18.2 Å². The van der Waals surface area contributed by atoms with Gasteiger partial charge in [0.25, 0.3) is 0 Å². The van der Waals surface area contributed by atoms with Gasteiger partial charge in [0.1, 0.15) is 5.75 Å². The van der Waals surface area contributed by atoms with Crippen LogP contribution in [0.5, 0.6) is 5.75 Å². The van der Waals surface area contributed by atoms with Crippen molar-refractivity contribution < 1.29 is 9.84 Å². The first-order valence-corrected chi connectivity index (χ1v) is 7.01. The van der Waals surface area contributed by atoms with Crippen molar-refractivity contribution in [2.45, 2.75) is 45.6 Å². The Morgan fingerprint density at radius 1 is 1.21 bits per heavy atom. The molecule has 0 fully saturated rings. The first-order chi connectivity index (χ1) is 9.02. The second-order valence-electron chi connectivity index (χ2n) is 5.50. The van der Waals surface area contributed by atoms with Crippen LogP contribution >= 0.6 is 0 Å². The van der Waals surface area contributed by atoms with Gasteiger partial charge < -0.3 is 15.2 Å². The van der Waals surface area contributed by atoms with Gasteiger partial charge in [0.2, 0.25) is 0 Å². The molecule has 1 atom stereocenters. The fraction of sp³-hybridized carbons (Fsp3) is 0.625. The number of aliphatic hydroxyl groups excluding tert-OH is 1. The summed E-state index contributed by atoms with van der Waals surface area (Å²) < 4.78 is 5.87. The number of para-hydroxylation sites is 1. The molecule has 0 aliphatic rings. The maximum absolute atomic E-state index is 9.30. The predicted octanol–water partition coefficient (Wildman–Crippen LogP) is 2.82. The molecule has 19 heavy (non-hydrogen) atoms. The molecule has 1 rings (SSSR count). The Morgan fingerprint density at radius 3 is 2.37 bits per heavy atom. The van der Waals surface area contributed by atoms with E-state index in [0.29, 0.717) is 0 Å². The minimum atomic E-state index is -0.168. The molecule has 0 saturated carbocycles. The van der Waals surface area contributed by atoms with Crippen LogP contribution in [0, 0.1) is 13.8 Å². The zero-order chi connectivity index (χ0) is 14.3. The smallest absolute Gasteiger partial charge is 0.125 e. The van der Waals surface area contributed by atoms with Gasteiger partial charge in [-0.2, -0.15) is 0 Å². The first-order valence-electron chi connectivity index (χ1n) is 7.01. The van der Waals surface area contributed by atoms with E-state index in [-0.39, 0.29) is 12.1 Å². The standard InChI is InChI=1S/C16H27NO2/c1-13-8-7-9-14(2)15(13)19-11-6-5-10-16(3,12-18)17-4/h7-9,17-18H,5-6,10-12H2,1-4H3. The molecule has 0 spiro atoms. The molecule has 0 bridgehead atoms.